The molecule has 9 nitrogen and oxygen atoms in total. The van der Waals surface area contributed by atoms with Gasteiger partial charge in [-0.25, -0.2) is 4.79 Å². The van der Waals surface area contributed by atoms with Crippen molar-refractivity contribution in [1.82, 2.24) is 5.32 Å². The van der Waals surface area contributed by atoms with E-state index in [2.05, 4.69) is 11.4 Å². The molecule has 2 amide bonds. The van der Waals surface area contributed by atoms with Crippen LogP contribution in [-0.2, 0) is 29.0 Å². The van der Waals surface area contributed by atoms with Gasteiger partial charge in [0.1, 0.15) is 6.54 Å². The second-order valence-electron chi connectivity index (χ2n) is 8.74. The topological polar surface area (TPSA) is 150 Å². The molecule has 5 N–H and O–H groups in total. The molecule has 0 aromatic heterocycles. The Hall–Kier alpha value is -4.71. The molecule has 0 heterocycles. The van der Waals surface area contributed by atoms with Crippen molar-refractivity contribution < 1.29 is 42.6 Å². The van der Waals surface area contributed by atoms with Crippen LogP contribution in [0.4, 0.5) is 18.9 Å². The summed E-state index contributed by atoms with van der Waals surface area (Å²) in [7, 11) is 1.66. The number of para-hydroxylation sites is 1. The zero-order chi connectivity index (χ0) is 30.6. The van der Waals surface area contributed by atoms with Gasteiger partial charge in [-0.15, -0.1) is 0 Å². The van der Waals surface area contributed by atoms with Gasteiger partial charge in [-0.2, -0.15) is 13.2 Å². The molecule has 0 radical (unpaired) electrons. The van der Waals surface area contributed by atoms with Gasteiger partial charge in [-0.3, -0.25) is 19.3 Å². The van der Waals surface area contributed by atoms with Crippen molar-refractivity contribution in [3.05, 3.63) is 101 Å². The molecule has 3 aromatic rings. The molecule has 0 bridgehead atoms. The fourth-order valence-corrected chi connectivity index (χ4v) is 3.87. The number of alkyl halides is 3. The maximum absolute atomic E-state index is 12.6. The first kappa shape index (κ1) is 32.5. The summed E-state index contributed by atoms with van der Waals surface area (Å²) in [6.45, 7) is -0.0684. The van der Waals surface area contributed by atoms with Crippen LogP contribution in [-0.4, -0.2) is 53.7 Å². The minimum atomic E-state index is -5.08. The lowest BCUT2D eigenvalue weighted by atomic mass is 10.1. The van der Waals surface area contributed by atoms with E-state index >= 15 is 0 Å². The Bertz CT molecular complexity index is 1360. The lowest BCUT2D eigenvalue weighted by Gasteiger charge is -2.21. The van der Waals surface area contributed by atoms with Crippen molar-refractivity contribution in [2.24, 2.45) is 5.73 Å². The summed E-state index contributed by atoms with van der Waals surface area (Å²) < 4.78 is 31.7. The van der Waals surface area contributed by atoms with E-state index < -0.39 is 24.7 Å². The Morgan fingerprint density at radius 3 is 2.07 bits per heavy atom. The summed E-state index contributed by atoms with van der Waals surface area (Å²) in [5.41, 5.74) is 10.9. The van der Waals surface area contributed by atoms with E-state index in [4.69, 9.17) is 20.7 Å². The van der Waals surface area contributed by atoms with Crippen LogP contribution in [0.2, 0.25) is 0 Å². The number of halogens is 3. The van der Waals surface area contributed by atoms with Gasteiger partial charge in [0.15, 0.2) is 0 Å². The minimum Gasteiger partial charge on any atom is -0.480 e. The quantitative estimate of drug-likeness (QED) is 0.348. The molecule has 0 aliphatic heterocycles. The number of carbonyl (C=O) groups excluding carboxylic acids is 2. The molecule has 1 aliphatic carbocycles. The third-order valence-corrected chi connectivity index (χ3v) is 5.85. The first-order chi connectivity index (χ1) is 19.4. The van der Waals surface area contributed by atoms with Crippen molar-refractivity contribution in [3.8, 4) is 0 Å². The Labute approximate surface area is 234 Å². The second kappa shape index (κ2) is 15.2. The zero-order valence-corrected chi connectivity index (χ0v) is 22.1. The number of rotatable bonds is 6. The van der Waals surface area contributed by atoms with Gasteiger partial charge in [0.05, 0.1) is 0 Å². The summed E-state index contributed by atoms with van der Waals surface area (Å²) in [6.07, 6.45) is -1.56. The fourth-order valence-electron chi connectivity index (χ4n) is 3.87. The van der Waals surface area contributed by atoms with Crippen LogP contribution in [0.25, 0.3) is 0 Å². The van der Waals surface area contributed by atoms with Gasteiger partial charge in [0.2, 0.25) is 0 Å². The number of hydrogen-bond donors (Lipinski definition) is 4. The van der Waals surface area contributed by atoms with E-state index in [0.717, 1.165) is 17.5 Å². The number of carboxylic acid groups (broad SMARTS) is 2. The zero-order valence-electron chi connectivity index (χ0n) is 22.1. The van der Waals surface area contributed by atoms with Gasteiger partial charge in [-0.1, -0.05) is 36.4 Å². The summed E-state index contributed by atoms with van der Waals surface area (Å²) in [6, 6.07) is 21.6. The number of nitrogens with one attached hydrogen (secondary N) is 1. The summed E-state index contributed by atoms with van der Waals surface area (Å²) in [5, 5.41) is 18.8. The molecule has 3 aromatic carbocycles. The highest BCUT2D eigenvalue weighted by Crippen LogP contribution is 2.22. The van der Waals surface area contributed by atoms with Crippen molar-refractivity contribution in [3.63, 3.8) is 0 Å². The number of fused-ring (bicyclic) bond motifs is 1. The molecule has 12 heteroatoms. The van der Waals surface area contributed by atoms with Gasteiger partial charge >= 0.3 is 18.1 Å². The standard InChI is InChI=1S/C16H16N2O3.C11H13NO.C2HF3O2/c17-10-12-5-4-6-13(9-12)16(21)18(11-15(19)20)14-7-2-1-3-8-14;1-12-11(13)10-6-5-8-3-2-4-9(8)7-10;3-2(4,5)1(6)7/h1-9H,10-11,17H2,(H,19,20);5-7H,2-4H2,1H3,(H,12,13);(H,6,7). The highest BCUT2D eigenvalue weighted by molar-refractivity contribution is 6.08. The molecule has 4 rings (SSSR count). The number of aliphatic carboxylic acids is 2. The van der Waals surface area contributed by atoms with E-state index in [1.807, 2.05) is 24.3 Å². The second-order valence-corrected chi connectivity index (χ2v) is 8.74. The number of anilines is 1. The largest absolute Gasteiger partial charge is 0.490 e. The van der Waals surface area contributed by atoms with Crippen molar-refractivity contribution in [2.75, 3.05) is 18.5 Å². The van der Waals surface area contributed by atoms with Crippen LogP contribution in [0.1, 0.15) is 43.8 Å². The predicted molar refractivity (Wildman–Crippen MR) is 146 cm³/mol. The lowest BCUT2D eigenvalue weighted by molar-refractivity contribution is -0.192. The molecule has 0 atom stereocenters. The average Bonchev–Trinajstić information content (AvgIpc) is 3.44. The SMILES string of the molecule is CNC(=O)c1ccc2c(c1)CCC2.NCc1cccc(C(=O)N(CC(=O)O)c2ccccc2)c1.O=C(O)C(F)(F)F. The van der Waals surface area contributed by atoms with Gasteiger partial charge in [0, 0.05) is 30.4 Å². The smallest absolute Gasteiger partial charge is 0.480 e. The number of benzene rings is 3. The number of nitrogens with two attached hydrogens (primary N) is 1. The van der Waals surface area contributed by atoms with Crippen LogP contribution in [0.15, 0.2) is 72.8 Å². The first-order valence-corrected chi connectivity index (χ1v) is 12.4. The maximum atomic E-state index is 12.6. The molecule has 41 heavy (non-hydrogen) atoms. The highest BCUT2D eigenvalue weighted by Gasteiger charge is 2.38. The summed E-state index contributed by atoms with van der Waals surface area (Å²) in [4.78, 5) is 45.0. The third kappa shape index (κ3) is 10.1. The summed E-state index contributed by atoms with van der Waals surface area (Å²) >= 11 is 0. The Balaban J connectivity index is 0.000000249. The maximum Gasteiger partial charge on any atom is 0.490 e. The number of aryl methyl sites for hydroxylation is 2. The Morgan fingerprint density at radius 1 is 0.878 bits per heavy atom. The average molecular weight is 574 g/mol. The Morgan fingerprint density at radius 2 is 1.51 bits per heavy atom. The number of carboxylic acids is 2. The monoisotopic (exact) mass is 573 g/mol. The third-order valence-electron chi connectivity index (χ3n) is 5.85. The predicted octanol–water partition coefficient (Wildman–Crippen LogP) is 4.04. The molecule has 1 aliphatic rings. The van der Waals surface area contributed by atoms with Crippen molar-refractivity contribution >= 4 is 29.4 Å². The number of carbonyl (C=O) groups is 4. The van der Waals surface area contributed by atoms with E-state index in [1.54, 1.807) is 49.5 Å². The molecule has 218 valence electrons. The fraction of sp³-hybridized carbons (Fsp3) is 0.241. The van der Waals surface area contributed by atoms with Crippen LogP contribution in [0.3, 0.4) is 0 Å². The van der Waals surface area contributed by atoms with Crippen LogP contribution < -0.4 is 16.0 Å². The van der Waals surface area contributed by atoms with Gasteiger partial charge in [-0.05, 0) is 72.4 Å². The minimum absolute atomic E-state index is 0.00898. The molecule has 0 unspecified atom stereocenters. The van der Waals surface area contributed by atoms with Gasteiger partial charge < -0.3 is 21.3 Å². The summed E-state index contributed by atoms with van der Waals surface area (Å²) in [5.74, 6) is -4.18. The first-order valence-electron chi connectivity index (χ1n) is 12.4. The van der Waals surface area contributed by atoms with E-state index in [0.29, 0.717) is 17.8 Å². The van der Waals surface area contributed by atoms with E-state index in [9.17, 15) is 27.6 Å². The molecule has 0 fully saturated rings. The van der Waals surface area contributed by atoms with Gasteiger partial charge in [0.25, 0.3) is 11.8 Å². The normalized spacial score (nSPS) is 11.5. The lowest BCUT2D eigenvalue weighted by Crippen LogP contribution is -2.35. The van der Waals surface area contributed by atoms with Crippen LogP contribution >= 0.6 is 0 Å². The van der Waals surface area contributed by atoms with E-state index in [-0.39, 0.29) is 11.8 Å². The molecule has 0 spiro atoms. The van der Waals surface area contributed by atoms with Crippen molar-refractivity contribution in [2.45, 2.75) is 32.0 Å². The Kier molecular flexibility index (Phi) is 12.0. The molecular weight excluding hydrogens is 543 g/mol. The number of amides is 2. The van der Waals surface area contributed by atoms with E-state index in [1.165, 1.54) is 28.9 Å². The number of nitrogens with zero attached hydrogens (tertiary/aromatic N) is 1. The van der Waals surface area contributed by atoms with Crippen molar-refractivity contribution in [1.29, 1.82) is 0 Å². The molecule has 0 saturated heterocycles. The molecule has 0 saturated carbocycles. The number of hydrogen-bond acceptors (Lipinski definition) is 5. The molecular formula is C29H30F3N3O6. The van der Waals surface area contributed by atoms with Crippen LogP contribution in [0, 0.1) is 0 Å². The van der Waals surface area contributed by atoms with Crippen LogP contribution in [0.5, 0.6) is 0 Å². The highest BCUT2D eigenvalue weighted by atomic mass is 19.4.